The number of rotatable bonds is 7. The average molecular weight is 551 g/mol. The molecular formula is C15H19Cl3N5O5PS2. The third kappa shape index (κ3) is 9.84. The maximum absolute atomic E-state index is 10.1. The second-order valence-electron chi connectivity index (χ2n) is 5.33. The fraction of sp³-hybridized carbons (Fsp3) is 0.333. The van der Waals surface area contributed by atoms with Crippen molar-refractivity contribution in [2.45, 2.75) is 13.5 Å². The molecular weight excluding hydrogens is 532 g/mol. The molecule has 0 atom stereocenters. The van der Waals surface area contributed by atoms with Gasteiger partial charge < -0.3 is 24.2 Å². The molecule has 0 saturated heterocycles. The predicted octanol–water partition coefficient (Wildman–Crippen LogP) is 4.85. The van der Waals surface area contributed by atoms with Crippen LogP contribution >= 0.6 is 52.9 Å². The van der Waals surface area contributed by atoms with E-state index in [2.05, 4.69) is 20.7 Å². The number of nitrogens with one attached hydrogen (secondary N) is 2. The van der Waals surface area contributed by atoms with Gasteiger partial charge in [-0.1, -0.05) is 34.8 Å². The summed E-state index contributed by atoms with van der Waals surface area (Å²) in [4.78, 5) is 14.8. The van der Waals surface area contributed by atoms with E-state index in [0.717, 1.165) is 10.4 Å². The van der Waals surface area contributed by atoms with Crippen LogP contribution in [0.3, 0.4) is 0 Å². The highest BCUT2D eigenvalue weighted by molar-refractivity contribution is 8.07. The summed E-state index contributed by atoms with van der Waals surface area (Å²) in [5.74, 6) is 0.380. The van der Waals surface area contributed by atoms with Crippen LogP contribution in [-0.4, -0.2) is 37.2 Å². The molecule has 0 aliphatic carbocycles. The minimum atomic E-state index is -2.81. The first-order chi connectivity index (χ1) is 14.5. The van der Waals surface area contributed by atoms with E-state index in [1.807, 2.05) is 6.92 Å². The lowest BCUT2D eigenvalue weighted by atomic mass is 10.2. The monoisotopic (exact) mass is 549 g/mol. The summed E-state index contributed by atoms with van der Waals surface area (Å²) < 4.78 is 15.9. The van der Waals surface area contributed by atoms with Gasteiger partial charge in [0, 0.05) is 44.1 Å². The topological polar surface area (TPSA) is 120 Å². The number of aryl methyl sites for hydroxylation is 1. The van der Waals surface area contributed by atoms with Crippen molar-refractivity contribution in [1.29, 1.82) is 0 Å². The van der Waals surface area contributed by atoms with Gasteiger partial charge in [0.15, 0.2) is 15.2 Å². The second-order valence-corrected chi connectivity index (χ2v) is 11.0. The molecule has 1 aromatic carbocycles. The molecule has 0 radical (unpaired) electrons. The Hall–Kier alpha value is -1.24. The number of nitro groups is 1. The Labute approximate surface area is 203 Å². The van der Waals surface area contributed by atoms with E-state index >= 15 is 0 Å². The molecule has 31 heavy (non-hydrogen) atoms. The van der Waals surface area contributed by atoms with Crippen molar-refractivity contribution in [2.24, 2.45) is 5.10 Å². The zero-order valence-electron chi connectivity index (χ0n) is 16.7. The summed E-state index contributed by atoms with van der Waals surface area (Å²) in [5, 5.41) is 18.5. The van der Waals surface area contributed by atoms with Crippen molar-refractivity contribution < 1.29 is 18.6 Å². The summed E-state index contributed by atoms with van der Waals surface area (Å²) in [7, 11) is 4.37. The minimum absolute atomic E-state index is 0.0875. The molecule has 10 nitrogen and oxygen atoms in total. The zero-order valence-corrected chi connectivity index (χ0v) is 21.5. The van der Waals surface area contributed by atoms with Crippen molar-refractivity contribution in [2.75, 3.05) is 21.3 Å². The lowest BCUT2D eigenvalue weighted by Gasteiger charge is -2.19. The minimum Gasteiger partial charge on any atom is -0.421 e. The standard InChI is InChI=1S/C9H11Cl2O3PS.C6H8ClN5O2S/c1-6-4-7(10)9(8(11)5-6)14-15(16,12-2)13-3;1-8-6(11-12(13)14)10-3-4-2-9-5(7)15-4/h4-5H,1-3H3;2H,3H2,1H3,(H2,8,10,11). The van der Waals surface area contributed by atoms with Crippen LogP contribution < -0.4 is 15.2 Å². The van der Waals surface area contributed by atoms with E-state index < -0.39 is 11.8 Å². The first-order valence-electron chi connectivity index (χ1n) is 8.15. The van der Waals surface area contributed by atoms with E-state index in [1.165, 1.54) is 32.6 Å². The third-order valence-electron chi connectivity index (χ3n) is 3.17. The van der Waals surface area contributed by atoms with Gasteiger partial charge in [0.05, 0.1) is 16.6 Å². The van der Waals surface area contributed by atoms with Crippen LogP contribution in [0.5, 0.6) is 5.75 Å². The Balaban J connectivity index is 0.000000311. The second kappa shape index (κ2) is 13.3. The smallest absolute Gasteiger partial charge is 0.380 e. The van der Waals surface area contributed by atoms with E-state index in [1.54, 1.807) is 18.3 Å². The quantitative estimate of drug-likeness (QED) is 0.164. The van der Waals surface area contributed by atoms with Crippen molar-refractivity contribution in [3.63, 3.8) is 0 Å². The van der Waals surface area contributed by atoms with Crippen molar-refractivity contribution in [3.8, 4) is 5.75 Å². The maximum atomic E-state index is 10.1. The van der Waals surface area contributed by atoms with Crippen LogP contribution in [0.2, 0.25) is 14.5 Å². The summed E-state index contributed by atoms with van der Waals surface area (Å²) in [6.45, 7) is -0.542. The Morgan fingerprint density at radius 2 is 1.90 bits per heavy atom. The zero-order chi connectivity index (χ0) is 23.6. The lowest BCUT2D eigenvalue weighted by molar-refractivity contribution is -0.485. The normalized spacial score (nSPS) is 11.4. The largest absolute Gasteiger partial charge is 0.421 e. The highest BCUT2D eigenvalue weighted by Crippen LogP contribution is 2.51. The molecule has 0 saturated carbocycles. The van der Waals surface area contributed by atoms with Gasteiger partial charge in [-0.25, -0.2) is 15.1 Å². The number of aromatic nitrogens is 1. The average Bonchev–Trinajstić information content (AvgIpc) is 3.13. The summed E-state index contributed by atoms with van der Waals surface area (Å²) in [6.07, 6.45) is 1.60. The molecule has 1 heterocycles. The SMILES string of the molecule is CN/C(=N\[N+](=O)[O-])NCc1cnc(Cl)s1.COP(=S)(OC)Oc1c(Cl)cc(C)cc1Cl. The maximum Gasteiger partial charge on any atom is 0.380 e. The van der Waals surface area contributed by atoms with Crippen LogP contribution in [0.4, 0.5) is 0 Å². The number of halogens is 3. The van der Waals surface area contributed by atoms with Gasteiger partial charge in [-0.2, -0.15) is 0 Å². The highest BCUT2D eigenvalue weighted by Gasteiger charge is 2.22. The van der Waals surface area contributed by atoms with Crippen molar-refractivity contribution in [1.82, 2.24) is 15.6 Å². The van der Waals surface area contributed by atoms with E-state index in [9.17, 15) is 10.1 Å². The van der Waals surface area contributed by atoms with E-state index in [4.69, 9.17) is 60.2 Å². The molecule has 0 amide bonds. The molecule has 0 bridgehead atoms. The van der Waals surface area contributed by atoms with Crippen LogP contribution in [0.25, 0.3) is 0 Å². The van der Waals surface area contributed by atoms with Gasteiger partial charge in [-0.15, -0.1) is 11.3 Å². The number of hydrogen-bond acceptors (Lipinski definition) is 8. The van der Waals surface area contributed by atoms with Crippen molar-refractivity contribution >= 4 is 70.6 Å². The van der Waals surface area contributed by atoms with Crippen LogP contribution in [0.15, 0.2) is 23.4 Å². The number of guanidine groups is 1. The third-order valence-corrected chi connectivity index (χ3v) is 7.26. The Bertz CT molecular complexity index is 947. The number of hydrazone groups is 1. The predicted molar refractivity (Wildman–Crippen MR) is 128 cm³/mol. The first kappa shape index (κ1) is 27.8. The number of nitrogens with zero attached hydrogens (tertiary/aromatic N) is 3. The van der Waals surface area contributed by atoms with Gasteiger partial charge in [-0.3, -0.25) is 0 Å². The first-order valence-corrected chi connectivity index (χ1v) is 12.7. The Kier molecular flexibility index (Phi) is 12.0. The number of hydrogen-bond donors (Lipinski definition) is 2. The van der Waals surface area contributed by atoms with Gasteiger partial charge in [-0.05, 0) is 24.6 Å². The molecule has 0 aliphatic heterocycles. The van der Waals surface area contributed by atoms with Gasteiger partial charge in [0.2, 0.25) is 0 Å². The summed E-state index contributed by atoms with van der Waals surface area (Å²) in [5.41, 5.74) is 0.936. The van der Waals surface area contributed by atoms with Gasteiger partial charge >= 0.3 is 6.72 Å². The molecule has 0 aliphatic rings. The number of benzene rings is 1. The summed E-state index contributed by atoms with van der Waals surface area (Å²) >= 11 is 24.0. The molecule has 16 heteroatoms. The Morgan fingerprint density at radius 1 is 1.32 bits per heavy atom. The summed E-state index contributed by atoms with van der Waals surface area (Å²) in [6, 6.07) is 3.46. The molecule has 0 spiro atoms. The van der Waals surface area contributed by atoms with Crippen molar-refractivity contribution in [3.05, 3.63) is 53.4 Å². The fourth-order valence-corrected chi connectivity index (χ4v) is 4.47. The molecule has 2 aromatic rings. The molecule has 2 N–H and O–H groups in total. The lowest BCUT2D eigenvalue weighted by Crippen LogP contribution is -2.34. The van der Waals surface area contributed by atoms with Gasteiger partial charge in [0.1, 0.15) is 5.10 Å². The van der Waals surface area contributed by atoms with Crippen LogP contribution in [-0.2, 0) is 27.4 Å². The van der Waals surface area contributed by atoms with Crippen LogP contribution in [0, 0.1) is 17.0 Å². The molecule has 1 aromatic heterocycles. The molecule has 2 rings (SSSR count). The number of thiazole rings is 1. The molecule has 172 valence electrons. The van der Waals surface area contributed by atoms with E-state index in [0.29, 0.717) is 26.8 Å². The molecule has 0 unspecified atom stereocenters. The van der Waals surface area contributed by atoms with Crippen LogP contribution in [0.1, 0.15) is 10.4 Å². The van der Waals surface area contributed by atoms with E-state index in [-0.39, 0.29) is 5.96 Å². The Morgan fingerprint density at radius 3 is 2.32 bits per heavy atom. The van der Waals surface area contributed by atoms with Gasteiger partial charge in [0.25, 0.3) is 5.96 Å². The highest BCUT2D eigenvalue weighted by atomic mass is 35.5. The fourth-order valence-electron chi connectivity index (χ4n) is 1.83. The molecule has 0 fully saturated rings.